The summed E-state index contributed by atoms with van der Waals surface area (Å²) in [6.07, 6.45) is 1.58. The number of aliphatic hydroxyl groups is 2. The highest BCUT2D eigenvalue weighted by atomic mass is 35.5. The molecule has 9 heteroatoms. The van der Waals surface area contributed by atoms with Crippen molar-refractivity contribution in [2.45, 2.75) is 23.1 Å². The lowest BCUT2D eigenvalue weighted by Gasteiger charge is -2.11. The summed E-state index contributed by atoms with van der Waals surface area (Å²) in [7, 11) is 0. The molecule has 0 bridgehead atoms. The molecule has 0 aromatic carbocycles. The average Bonchev–Trinajstić information content (AvgIpc) is 2.92. The first-order valence-electron chi connectivity index (χ1n) is 5.70. The second-order valence-corrected chi connectivity index (χ2v) is 6.08. The van der Waals surface area contributed by atoms with Crippen LogP contribution in [0.2, 0.25) is 5.28 Å². The number of anilines is 1. The summed E-state index contributed by atoms with van der Waals surface area (Å²) in [4.78, 5) is 12.2. The van der Waals surface area contributed by atoms with Crippen molar-refractivity contribution in [3.63, 3.8) is 0 Å². The largest absolute Gasteiger partial charge is 0.395 e. The Balaban J connectivity index is 2.02. The maximum atomic E-state index is 9.84. The SMILES string of the molecule is Nc1nc(Cl)nc2c1ncn2[C@@H]1C[C@H](O)[C@H](CO)S1. The molecule has 19 heavy (non-hydrogen) atoms. The standard InChI is InChI=1S/C10H12ClN5O2S/c11-10-14-8(12)7-9(15-10)16(3-13-7)6-1-4(18)5(2-17)19-6/h3-6,17-18H,1-2H2,(H2,12,14,15)/t4-,5-,6-/m0/s1. The molecule has 0 radical (unpaired) electrons. The van der Waals surface area contributed by atoms with Gasteiger partial charge in [0.05, 0.1) is 29.7 Å². The first kappa shape index (κ1) is 12.9. The number of hydrogen-bond acceptors (Lipinski definition) is 7. The molecule has 0 aliphatic carbocycles. The van der Waals surface area contributed by atoms with Gasteiger partial charge in [0.25, 0.3) is 0 Å². The Morgan fingerprint density at radius 1 is 1.53 bits per heavy atom. The highest BCUT2D eigenvalue weighted by molar-refractivity contribution is 8.00. The molecule has 3 atom stereocenters. The van der Waals surface area contributed by atoms with Gasteiger partial charge in [-0.1, -0.05) is 0 Å². The lowest BCUT2D eigenvalue weighted by Crippen LogP contribution is -2.20. The van der Waals surface area contributed by atoms with E-state index in [1.807, 2.05) is 4.57 Å². The van der Waals surface area contributed by atoms with E-state index in [0.717, 1.165) is 0 Å². The smallest absolute Gasteiger partial charge is 0.226 e. The number of aromatic nitrogens is 4. The minimum absolute atomic E-state index is 0.0532. The van der Waals surface area contributed by atoms with Crippen molar-refractivity contribution in [2.75, 3.05) is 12.3 Å². The van der Waals surface area contributed by atoms with Gasteiger partial charge in [-0.3, -0.25) is 0 Å². The molecule has 1 fully saturated rings. The highest BCUT2D eigenvalue weighted by Crippen LogP contribution is 2.42. The number of nitrogen functional groups attached to an aromatic ring is 1. The van der Waals surface area contributed by atoms with Gasteiger partial charge in [0.2, 0.25) is 5.28 Å². The van der Waals surface area contributed by atoms with Crippen molar-refractivity contribution >= 4 is 40.3 Å². The molecule has 1 saturated heterocycles. The van der Waals surface area contributed by atoms with Crippen molar-refractivity contribution < 1.29 is 10.2 Å². The van der Waals surface area contributed by atoms with Crippen molar-refractivity contribution in [1.29, 1.82) is 0 Å². The van der Waals surface area contributed by atoms with E-state index in [9.17, 15) is 10.2 Å². The zero-order valence-electron chi connectivity index (χ0n) is 9.77. The average molecular weight is 302 g/mol. The minimum Gasteiger partial charge on any atom is -0.395 e. The molecule has 3 rings (SSSR count). The van der Waals surface area contributed by atoms with Crippen LogP contribution in [0.25, 0.3) is 11.2 Å². The number of rotatable bonds is 2. The number of imidazole rings is 1. The van der Waals surface area contributed by atoms with E-state index in [0.29, 0.717) is 17.6 Å². The van der Waals surface area contributed by atoms with Crippen LogP contribution < -0.4 is 5.73 Å². The Hall–Kier alpha value is -1.09. The van der Waals surface area contributed by atoms with E-state index in [4.69, 9.17) is 17.3 Å². The van der Waals surface area contributed by atoms with E-state index in [1.54, 1.807) is 6.33 Å². The first-order chi connectivity index (χ1) is 9.10. The van der Waals surface area contributed by atoms with Crippen LogP contribution in [0.5, 0.6) is 0 Å². The van der Waals surface area contributed by atoms with Gasteiger partial charge in [-0.05, 0) is 11.6 Å². The van der Waals surface area contributed by atoms with Crippen LogP contribution in [0.1, 0.15) is 11.8 Å². The number of nitrogens with two attached hydrogens (primary N) is 1. The van der Waals surface area contributed by atoms with Crippen molar-refractivity contribution in [3.8, 4) is 0 Å². The quantitative estimate of drug-likeness (QED) is 0.689. The Morgan fingerprint density at radius 3 is 3.00 bits per heavy atom. The Bertz CT molecular complexity index is 621. The summed E-state index contributed by atoms with van der Waals surface area (Å²) in [6.45, 7) is -0.0627. The third-order valence-electron chi connectivity index (χ3n) is 3.12. The molecule has 102 valence electrons. The number of hydrogen-bond donors (Lipinski definition) is 3. The zero-order valence-corrected chi connectivity index (χ0v) is 11.3. The van der Waals surface area contributed by atoms with Gasteiger partial charge in [0.15, 0.2) is 11.5 Å². The van der Waals surface area contributed by atoms with Crippen LogP contribution in [0, 0.1) is 0 Å². The van der Waals surface area contributed by atoms with Crippen molar-refractivity contribution in [3.05, 3.63) is 11.6 Å². The fourth-order valence-electron chi connectivity index (χ4n) is 2.17. The Kier molecular flexibility index (Phi) is 3.25. The van der Waals surface area contributed by atoms with E-state index in [-0.39, 0.29) is 28.3 Å². The molecular formula is C10H12ClN5O2S. The molecular weight excluding hydrogens is 290 g/mol. The van der Waals surface area contributed by atoms with Gasteiger partial charge < -0.3 is 20.5 Å². The number of fused-ring (bicyclic) bond motifs is 1. The molecule has 3 heterocycles. The molecule has 0 spiro atoms. The van der Waals surface area contributed by atoms with Gasteiger partial charge in [-0.15, -0.1) is 11.8 Å². The van der Waals surface area contributed by atoms with Crippen molar-refractivity contribution in [2.24, 2.45) is 0 Å². The fraction of sp³-hybridized carbons (Fsp3) is 0.500. The third-order valence-corrected chi connectivity index (χ3v) is 4.83. The van der Waals surface area contributed by atoms with Crippen LogP contribution in [-0.2, 0) is 0 Å². The van der Waals surface area contributed by atoms with Gasteiger partial charge in [0.1, 0.15) is 5.52 Å². The monoisotopic (exact) mass is 301 g/mol. The predicted octanol–water partition coefficient (Wildman–Crippen LogP) is 0.419. The molecule has 0 amide bonds. The van der Waals surface area contributed by atoms with Gasteiger partial charge in [-0.25, -0.2) is 4.98 Å². The summed E-state index contributed by atoms with van der Waals surface area (Å²) in [5, 5.41) is 18.8. The molecule has 4 N–H and O–H groups in total. The summed E-state index contributed by atoms with van der Waals surface area (Å²) in [5.74, 6) is 0.232. The Morgan fingerprint density at radius 2 is 2.32 bits per heavy atom. The van der Waals surface area contributed by atoms with Gasteiger partial charge in [-0.2, -0.15) is 9.97 Å². The zero-order chi connectivity index (χ0) is 13.6. The summed E-state index contributed by atoms with van der Waals surface area (Å²) in [5.41, 5.74) is 6.78. The molecule has 0 unspecified atom stereocenters. The lowest BCUT2D eigenvalue weighted by molar-refractivity contribution is 0.138. The van der Waals surface area contributed by atoms with Gasteiger partial charge in [0, 0.05) is 6.42 Å². The third kappa shape index (κ3) is 2.14. The van der Waals surface area contributed by atoms with Crippen LogP contribution in [-0.4, -0.2) is 47.7 Å². The maximum absolute atomic E-state index is 9.84. The maximum Gasteiger partial charge on any atom is 0.226 e. The second kappa shape index (κ2) is 4.78. The minimum atomic E-state index is -0.549. The number of halogens is 1. The molecule has 0 saturated carbocycles. The Labute approximate surface area is 117 Å². The molecule has 7 nitrogen and oxygen atoms in total. The van der Waals surface area contributed by atoms with E-state index in [1.165, 1.54) is 11.8 Å². The topological polar surface area (TPSA) is 110 Å². The predicted molar refractivity (Wildman–Crippen MR) is 72.9 cm³/mol. The number of aliphatic hydroxyl groups excluding tert-OH is 2. The summed E-state index contributed by atoms with van der Waals surface area (Å²) >= 11 is 7.29. The van der Waals surface area contributed by atoms with Crippen LogP contribution in [0.3, 0.4) is 0 Å². The number of thioether (sulfide) groups is 1. The summed E-state index contributed by atoms with van der Waals surface area (Å²) in [6, 6.07) is 0. The molecule has 1 aliphatic rings. The number of nitrogens with zero attached hydrogens (tertiary/aromatic N) is 4. The molecule has 2 aromatic heterocycles. The van der Waals surface area contributed by atoms with Crippen molar-refractivity contribution in [1.82, 2.24) is 19.5 Å². The second-order valence-electron chi connectivity index (χ2n) is 4.32. The molecule has 1 aliphatic heterocycles. The van der Waals surface area contributed by atoms with Crippen LogP contribution in [0.4, 0.5) is 5.82 Å². The van der Waals surface area contributed by atoms with E-state index in [2.05, 4.69) is 15.0 Å². The summed E-state index contributed by atoms with van der Waals surface area (Å²) < 4.78 is 1.81. The van der Waals surface area contributed by atoms with E-state index >= 15 is 0 Å². The van der Waals surface area contributed by atoms with E-state index < -0.39 is 6.10 Å². The molecule has 2 aromatic rings. The van der Waals surface area contributed by atoms with Crippen LogP contribution in [0.15, 0.2) is 6.33 Å². The van der Waals surface area contributed by atoms with Crippen LogP contribution >= 0.6 is 23.4 Å². The normalized spacial score (nSPS) is 27.2. The van der Waals surface area contributed by atoms with Gasteiger partial charge >= 0.3 is 0 Å². The highest BCUT2D eigenvalue weighted by Gasteiger charge is 2.35. The first-order valence-corrected chi connectivity index (χ1v) is 7.02. The fourth-order valence-corrected chi connectivity index (χ4v) is 3.72. The lowest BCUT2D eigenvalue weighted by atomic mass is 10.2.